The van der Waals surface area contributed by atoms with Gasteiger partial charge in [0.15, 0.2) is 5.11 Å². The first-order valence-corrected chi connectivity index (χ1v) is 8.43. The molecule has 120 valence electrons. The number of nitrogens with one attached hydrogen (secondary N) is 1. The second kappa shape index (κ2) is 6.85. The van der Waals surface area contributed by atoms with Crippen LogP contribution >= 0.6 is 23.8 Å². The van der Waals surface area contributed by atoms with Crippen LogP contribution in [0.1, 0.15) is 24.5 Å². The van der Waals surface area contributed by atoms with Crippen molar-refractivity contribution in [3.05, 3.63) is 64.4 Å². The third-order valence-corrected chi connectivity index (χ3v) is 4.74. The molecule has 0 fully saturated rings. The first-order chi connectivity index (χ1) is 11.0. The largest absolute Gasteiger partial charge is 0.358 e. The Balaban J connectivity index is 1.75. The Kier molecular flexibility index (Phi) is 4.83. The van der Waals surface area contributed by atoms with E-state index in [4.69, 9.17) is 23.8 Å². The molecule has 1 atom stereocenters. The number of halogens is 2. The molecule has 0 amide bonds. The lowest BCUT2D eigenvalue weighted by atomic mass is 9.97. The van der Waals surface area contributed by atoms with Crippen LogP contribution in [0.3, 0.4) is 0 Å². The van der Waals surface area contributed by atoms with Gasteiger partial charge in [-0.25, -0.2) is 4.39 Å². The lowest BCUT2D eigenvalue weighted by molar-refractivity contribution is 0.600. The van der Waals surface area contributed by atoms with Gasteiger partial charge in [-0.1, -0.05) is 23.7 Å². The monoisotopic (exact) mass is 348 g/mol. The van der Waals surface area contributed by atoms with E-state index in [1.54, 1.807) is 6.07 Å². The van der Waals surface area contributed by atoms with Crippen LogP contribution in [0, 0.1) is 5.82 Å². The fourth-order valence-corrected chi connectivity index (χ4v) is 3.37. The summed E-state index contributed by atoms with van der Waals surface area (Å²) in [7, 11) is 0. The quantitative estimate of drug-likeness (QED) is 0.792. The molecule has 0 saturated heterocycles. The standard InChI is InChI=1S/C18H18ClFN2S/c1-12-2-5-14-10-16(20)8-9-17(14)22(12)18(23)21-11-13-3-6-15(19)7-4-13/h3-4,6-10,12H,2,5,11H2,1H3,(H,21,23). The van der Waals surface area contributed by atoms with Crippen molar-refractivity contribution in [1.29, 1.82) is 0 Å². The molecule has 0 saturated carbocycles. The fraction of sp³-hybridized carbons (Fsp3) is 0.278. The molecule has 1 aliphatic heterocycles. The lowest BCUT2D eigenvalue weighted by Crippen LogP contribution is -2.47. The van der Waals surface area contributed by atoms with E-state index in [-0.39, 0.29) is 11.9 Å². The van der Waals surface area contributed by atoms with Gasteiger partial charge in [-0.05, 0) is 73.4 Å². The maximum atomic E-state index is 13.4. The minimum atomic E-state index is -0.196. The van der Waals surface area contributed by atoms with Crippen molar-refractivity contribution in [2.45, 2.75) is 32.4 Å². The van der Waals surface area contributed by atoms with E-state index in [9.17, 15) is 4.39 Å². The number of aryl methyl sites for hydroxylation is 1. The second-order valence-corrected chi connectivity index (χ2v) is 6.64. The molecule has 1 aliphatic rings. The average Bonchev–Trinajstić information content (AvgIpc) is 2.54. The number of benzene rings is 2. The van der Waals surface area contributed by atoms with Crippen LogP contribution in [0.2, 0.25) is 5.02 Å². The number of anilines is 1. The molecular formula is C18H18ClFN2S. The highest BCUT2D eigenvalue weighted by Crippen LogP contribution is 2.31. The summed E-state index contributed by atoms with van der Waals surface area (Å²) in [5.74, 6) is -0.196. The van der Waals surface area contributed by atoms with E-state index in [0.29, 0.717) is 11.7 Å². The second-order valence-electron chi connectivity index (χ2n) is 5.82. The van der Waals surface area contributed by atoms with Gasteiger partial charge >= 0.3 is 0 Å². The van der Waals surface area contributed by atoms with E-state index < -0.39 is 0 Å². The van der Waals surface area contributed by atoms with Gasteiger partial charge in [-0.15, -0.1) is 0 Å². The molecule has 1 N–H and O–H groups in total. The van der Waals surface area contributed by atoms with Crippen LogP contribution in [-0.4, -0.2) is 11.2 Å². The number of fused-ring (bicyclic) bond motifs is 1. The number of hydrogen-bond donors (Lipinski definition) is 1. The molecule has 0 radical (unpaired) electrons. The van der Waals surface area contributed by atoms with Crippen LogP contribution in [0.5, 0.6) is 0 Å². The molecule has 0 spiro atoms. The van der Waals surface area contributed by atoms with Gasteiger partial charge in [0, 0.05) is 23.3 Å². The molecule has 3 rings (SSSR count). The smallest absolute Gasteiger partial charge is 0.173 e. The van der Waals surface area contributed by atoms with Crippen LogP contribution in [-0.2, 0) is 13.0 Å². The van der Waals surface area contributed by atoms with Crippen molar-refractivity contribution < 1.29 is 4.39 Å². The van der Waals surface area contributed by atoms with Crippen LogP contribution in [0.4, 0.5) is 10.1 Å². The highest BCUT2D eigenvalue weighted by atomic mass is 35.5. The Morgan fingerprint density at radius 3 is 2.78 bits per heavy atom. The van der Waals surface area contributed by atoms with Gasteiger partial charge in [-0.2, -0.15) is 0 Å². The minimum Gasteiger partial charge on any atom is -0.358 e. The number of nitrogens with zero attached hydrogens (tertiary/aromatic N) is 1. The Morgan fingerprint density at radius 1 is 1.30 bits per heavy atom. The molecule has 0 aliphatic carbocycles. The summed E-state index contributed by atoms with van der Waals surface area (Å²) in [5.41, 5.74) is 3.12. The predicted octanol–water partition coefficient (Wildman–Crippen LogP) is 4.69. The molecule has 5 heteroatoms. The van der Waals surface area contributed by atoms with Crippen LogP contribution < -0.4 is 10.2 Å². The van der Waals surface area contributed by atoms with E-state index in [1.807, 2.05) is 30.3 Å². The van der Waals surface area contributed by atoms with Gasteiger partial charge in [0.2, 0.25) is 0 Å². The van der Waals surface area contributed by atoms with Crippen molar-refractivity contribution in [3.8, 4) is 0 Å². The molecule has 1 heterocycles. The summed E-state index contributed by atoms with van der Waals surface area (Å²) >= 11 is 11.5. The number of thiocarbonyl (C=S) groups is 1. The first kappa shape index (κ1) is 16.2. The predicted molar refractivity (Wildman–Crippen MR) is 97.6 cm³/mol. The number of hydrogen-bond acceptors (Lipinski definition) is 1. The van der Waals surface area contributed by atoms with E-state index in [1.165, 1.54) is 6.07 Å². The van der Waals surface area contributed by atoms with Crippen LogP contribution in [0.15, 0.2) is 42.5 Å². The summed E-state index contributed by atoms with van der Waals surface area (Å²) in [6.07, 6.45) is 1.84. The highest BCUT2D eigenvalue weighted by molar-refractivity contribution is 7.80. The minimum absolute atomic E-state index is 0.196. The lowest BCUT2D eigenvalue weighted by Gasteiger charge is -2.37. The van der Waals surface area contributed by atoms with Crippen molar-refractivity contribution in [3.63, 3.8) is 0 Å². The highest BCUT2D eigenvalue weighted by Gasteiger charge is 2.26. The Labute approximate surface area is 146 Å². The maximum Gasteiger partial charge on any atom is 0.173 e. The molecule has 0 aromatic heterocycles. The zero-order chi connectivity index (χ0) is 16.4. The average molecular weight is 349 g/mol. The van der Waals surface area contributed by atoms with Crippen molar-refractivity contribution in [2.75, 3.05) is 4.90 Å². The van der Waals surface area contributed by atoms with E-state index >= 15 is 0 Å². The maximum absolute atomic E-state index is 13.4. The summed E-state index contributed by atoms with van der Waals surface area (Å²) < 4.78 is 13.4. The van der Waals surface area contributed by atoms with Crippen molar-refractivity contribution >= 4 is 34.6 Å². The normalized spacial score (nSPS) is 16.8. The first-order valence-electron chi connectivity index (χ1n) is 7.64. The topological polar surface area (TPSA) is 15.3 Å². The number of rotatable bonds is 2. The molecule has 2 nitrogen and oxygen atoms in total. The molecule has 2 aromatic carbocycles. The van der Waals surface area contributed by atoms with Gasteiger partial charge in [0.25, 0.3) is 0 Å². The van der Waals surface area contributed by atoms with Gasteiger partial charge in [0.1, 0.15) is 5.82 Å². The van der Waals surface area contributed by atoms with Crippen molar-refractivity contribution in [1.82, 2.24) is 5.32 Å². The van der Waals surface area contributed by atoms with Gasteiger partial charge in [0.05, 0.1) is 0 Å². The molecule has 23 heavy (non-hydrogen) atoms. The summed E-state index contributed by atoms with van der Waals surface area (Å²) in [5, 5.41) is 4.68. The zero-order valence-electron chi connectivity index (χ0n) is 12.9. The fourth-order valence-electron chi connectivity index (χ4n) is 2.89. The Morgan fingerprint density at radius 2 is 2.04 bits per heavy atom. The third-order valence-electron chi connectivity index (χ3n) is 4.15. The molecular weight excluding hydrogens is 331 g/mol. The summed E-state index contributed by atoms with van der Waals surface area (Å²) in [6.45, 7) is 2.78. The van der Waals surface area contributed by atoms with Gasteiger partial charge in [-0.3, -0.25) is 0 Å². The Bertz CT molecular complexity index is 717. The summed E-state index contributed by atoms with van der Waals surface area (Å²) in [4.78, 5) is 2.09. The van der Waals surface area contributed by atoms with E-state index in [2.05, 4.69) is 17.1 Å². The Hall–Kier alpha value is -1.65. The SMILES string of the molecule is CC1CCc2cc(F)ccc2N1C(=S)NCc1ccc(Cl)cc1. The third kappa shape index (κ3) is 3.65. The molecule has 1 unspecified atom stereocenters. The van der Waals surface area contributed by atoms with Crippen molar-refractivity contribution in [2.24, 2.45) is 0 Å². The van der Waals surface area contributed by atoms with Crippen LogP contribution in [0.25, 0.3) is 0 Å². The molecule has 0 bridgehead atoms. The summed E-state index contributed by atoms with van der Waals surface area (Å²) in [6, 6.07) is 12.9. The van der Waals surface area contributed by atoms with Gasteiger partial charge < -0.3 is 10.2 Å². The van der Waals surface area contributed by atoms with E-state index in [0.717, 1.165) is 34.7 Å². The zero-order valence-corrected chi connectivity index (χ0v) is 14.4. The molecule has 2 aromatic rings.